The second-order valence-electron chi connectivity index (χ2n) is 5.24. The molecule has 2 aromatic carbocycles. The quantitative estimate of drug-likeness (QED) is 0.396. The van der Waals surface area contributed by atoms with Crippen LogP contribution >= 0.6 is 28.1 Å². The number of hydrogen-bond donors (Lipinski definition) is 2. The first kappa shape index (κ1) is 15.0. The van der Waals surface area contributed by atoms with E-state index in [9.17, 15) is 4.79 Å². The van der Waals surface area contributed by atoms with Gasteiger partial charge in [0, 0.05) is 21.6 Å². The van der Waals surface area contributed by atoms with Gasteiger partial charge in [0.1, 0.15) is 0 Å². The molecule has 0 bridgehead atoms. The molecule has 2 heterocycles. The number of nitrogens with zero attached hydrogens (tertiary/aromatic N) is 2. The van der Waals surface area contributed by atoms with E-state index < -0.39 is 0 Å². The average Bonchev–Trinajstić information content (AvgIpc) is 3.18. The molecule has 0 spiro atoms. The second-order valence-corrected chi connectivity index (χ2v) is 6.55. The van der Waals surface area contributed by atoms with E-state index in [-0.39, 0.29) is 11.6 Å². The number of halogens is 1. The molecule has 0 fully saturated rings. The van der Waals surface area contributed by atoms with Crippen LogP contribution in [0, 0.1) is 4.77 Å². The lowest BCUT2D eigenvalue weighted by Gasteiger charge is -2.06. The summed E-state index contributed by atoms with van der Waals surface area (Å²) in [5.41, 5.74) is 2.24. The highest BCUT2D eigenvalue weighted by atomic mass is 79.9. The number of aromatic nitrogens is 4. The van der Waals surface area contributed by atoms with E-state index >= 15 is 0 Å². The molecule has 24 heavy (non-hydrogen) atoms. The summed E-state index contributed by atoms with van der Waals surface area (Å²) in [4.78, 5) is 16.1. The van der Waals surface area contributed by atoms with Crippen LogP contribution in [-0.4, -0.2) is 25.5 Å². The fourth-order valence-electron chi connectivity index (χ4n) is 2.68. The molecule has 0 radical (unpaired) electrons. The standard InChI is InChI=1S/C17H11BrN4OS/c18-10-4-3-5-11(8-10)22-16(20-21-17(22)24)15(23)13-9-19-14-7-2-1-6-12(13)14/h1-9,19H,(H,21,24). The topological polar surface area (TPSA) is 66.5 Å². The third-order valence-electron chi connectivity index (χ3n) is 3.78. The lowest BCUT2D eigenvalue weighted by atomic mass is 10.1. The fraction of sp³-hybridized carbons (Fsp3) is 0. The molecule has 5 nitrogen and oxygen atoms in total. The zero-order valence-electron chi connectivity index (χ0n) is 12.3. The Balaban J connectivity index is 1.89. The molecule has 0 atom stereocenters. The van der Waals surface area contributed by atoms with Crippen LogP contribution in [-0.2, 0) is 0 Å². The number of ketones is 1. The van der Waals surface area contributed by atoms with Gasteiger partial charge in [-0.1, -0.05) is 40.2 Å². The molecule has 4 aromatic rings. The summed E-state index contributed by atoms with van der Waals surface area (Å²) in [5, 5.41) is 7.73. The Morgan fingerprint density at radius 3 is 2.83 bits per heavy atom. The first-order valence-corrected chi connectivity index (χ1v) is 8.39. The number of nitrogens with one attached hydrogen (secondary N) is 2. The number of hydrogen-bond acceptors (Lipinski definition) is 3. The van der Waals surface area contributed by atoms with Crippen molar-refractivity contribution in [2.24, 2.45) is 0 Å². The molecule has 2 N–H and O–H groups in total. The smallest absolute Gasteiger partial charge is 0.232 e. The SMILES string of the molecule is O=C(c1c[nH]c2ccccc12)c1n[nH]c(=S)n1-c1cccc(Br)c1. The summed E-state index contributed by atoms with van der Waals surface area (Å²) >= 11 is 8.75. The van der Waals surface area contributed by atoms with E-state index in [1.807, 2.05) is 48.5 Å². The van der Waals surface area contributed by atoms with Crippen molar-refractivity contribution in [1.29, 1.82) is 0 Å². The van der Waals surface area contributed by atoms with Gasteiger partial charge in [0.05, 0.1) is 11.3 Å². The second kappa shape index (κ2) is 5.85. The van der Waals surface area contributed by atoms with Crippen LogP contribution in [0.15, 0.2) is 59.2 Å². The van der Waals surface area contributed by atoms with E-state index in [1.54, 1.807) is 10.8 Å². The normalized spacial score (nSPS) is 11.0. The summed E-state index contributed by atoms with van der Waals surface area (Å²) in [7, 11) is 0. The maximum Gasteiger partial charge on any atom is 0.232 e. The molecule has 7 heteroatoms. The highest BCUT2D eigenvalue weighted by Gasteiger charge is 2.21. The molecular weight excluding hydrogens is 388 g/mol. The Labute approximate surface area is 150 Å². The Kier molecular flexibility index (Phi) is 3.66. The third-order valence-corrected chi connectivity index (χ3v) is 4.54. The maximum atomic E-state index is 13.0. The van der Waals surface area contributed by atoms with E-state index in [0.717, 1.165) is 21.1 Å². The molecule has 0 aliphatic rings. The Hall–Kier alpha value is -2.51. The monoisotopic (exact) mass is 398 g/mol. The molecule has 2 aromatic heterocycles. The Bertz CT molecular complexity index is 1120. The largest absolute Gasteiger partial charge is 0.360 e. The van der Waals surface area contributed by atoms with E-state index in [2.05, 4.69) is 31.1 Å². The number of carbonyl (C=O) groups excluding carboxylic acids is 1. The molecule has 0 aliphatic carbocycles. The van der Waals surface area contributed by atoms with Crippen LogP contribution in [0.5, 0.6) is 0 Å². The predicted molar refractivity (Wildman–Crippen MR) is 98.2 cm³/mol. The number of para-hydroxylation sites is 1. The minimum atomic E-state index is -0.195. The summed E-state index contributed by atoms with van der Waals surface area (Å²) in [5.74, 6) is 0.0580. The van der Waals surface area contributed by atoms with Crippen LogP contribution in [0.3, 0.4) is 0 Å². The molecular formula is C17H11BrN4OS. The summed E-state index contributed by atoms with van der Waals surface area (Å²) < 4.78 is 2.91. The van der Waals surface area contributed by atoms with Gasteiger partial charge in [-0.15, -0.1) is 0 Å². The first-order valence-electron chi connectivity index (χ1n) is 7.19. The number of H-pyrrole nitrogens is 2. The van der Waals surface area contributed by atoms with Crippen molar-refractivity contribution in [3.05, 3.63) is 75.4 Å². The molecule has 4 rings (SSSR count). The average molecular weight is 399 g/mol. The summed E-state index contributed by atoms with van der Waals surface area (Å²) in [6.45, 7) is 0. The van der Waals surface area contributed by atoms with E-state index in [4.69, 9.17) is 12.2 Å². The van der Waals surface area contributed by atoms with Crippen molar-refractivity contribution in [3.8, 4) is 5.69 Å². The van der Waals surface area contributed by atoms with Gasteiger partial charge < -0.3 is 4.98 Å². The zero-order valence-corrected chi connectivity index (χ0v) is 14.7. The Morgan fingerprint density at radius 2 is 2.00 bits per heavy atom. The Morgan fingerprint density at radius 1 is 1.17 bits per heavy atom. The van der Waals surface area contributed by atoms with Gasteiger partial charge in [0.2, 0.25) is 11.6 Å². The lowest BCUT2D eigenvalue weighted by molar-refractivity contribution is 0.102. The van der Waals surface area contributed by atoms with Gasteiger partial charge in [-0.25, -0.2) is 0 Å². The number of aromatic amines is 2. The fourth-order valence-corrected chi connectivity index (χ4v) is 3.31. The predicted octanol–water partition coefficient (Wildman–Crippen LogP) is 4.40. The minimum absolute atomic E-state index is 0.195. The molecule has 0 amide bonds. The van der Waals surface area contributed by atoms with Gasteiger partial charge in [-0.05, 0) is 36.5 Å². The highest BCUT2D eigenvalue weighted by Crippen LogP contribution is 2.22. The first-order chi connectivity index (χ1) is 11.6. The van der Waals surface area contributed by atoms with Gasteiger partial charge in [-0.2, -0.15) is 5.10 Å². The van der Waals surface area contributed by atoms with Crippen LogP contribution < -0.4 is 0 Å². The molecule has 0 aliphatic heterocycles. The van der Waals surface area contributed by atoms with Gasteiger partial charge in [0.25, 0.3) is 0 Å². The van der Waals surface area contributed by atoms with Gasteiger partial charge in [-0.3, -0.25) is 14.5 Å². The van der Waals surface area contributed by atoms with Crippen LogP contribution in [0.1, 0.15) is 16.2 Å². The van der Waals surface area contributed by atoms with Crippen LogP contribution in [0.2, 0.25) is 0 Å². The number of fused-ring (bicyclic) bond motifs is 1. The molecule has 0 saturated carbocycles. The highest BCUT2D eigenvalue weighted by molar-refractivity contribution is 9.10. The summed E-state index contributed by atoms with van der Waals surface area (Å²) in [6, 6.07) is 15.2. The maximum absolute atomic E-state index is 13.0. The van der Waals surface area contributed by atoms with Crippen molar-refractivity contribution in [3.63, 3.8) is 0 Å². The molecule has 0 saturated heterocycles. The van der Waals surface area contributed by atoms with Crippen molar-refractivity contribution >= 4 is 44.8 Å². The molecule has 118 valence electrons. The number of carbonyl (C=O) groups is 1. The van der Waals surface area contributed by atoms with Crippen LogP contribution in [0.25, 0.3) is 16.6 Å². The number of benzene rings is 2. The zero-order chi connectivity index (χ0) is 16.7. The third kappa shape index (κ3) is 2.42. The number of rotatable bonds is 3. The van der Waals surface area contributed by atoms with Crippen molar-refractivity contribution in [2.45, 2.75) is 0 Å². The molecule has 0 unspecified atom stereocenters. The van der Waals surface area contributed by atoms with Crippen molar-refractivity contribution in [2.75, 3.05) is 0 Å². The van der Waals surface area contributed by atoms with E-state index in [0.29, 0.717) is 10.3 Å². The van der Waals surface area contributed by atoms with Gasteiger partial charge in [0.15, 0.2) is 4.77 Å². The van der Waals surface area contributed by atoms with E-state index in [1.165, 1.54) is 0 Å². The van der Waals surface area contributed by atoms with Crippen molar-refractivity contribution in [1.82, 2.24) is 19.7 Å². The van der Waals surface area contributed by atoms with Gasteiger partial charge >= 0.3 is 0 Å². The lowest BCUT2D eigenvalue weighted by Crippen LogP contribution is -2.10. The minimum Gasteiger partial charge on any atom is -0.360 e. The summed E-state index contributed by atoms with van der Waals surface area (Å²) in [6.07, 6.45) is 1.70. The van der Waals surface area contributed by atoms with Crippen LogP contribution in [0.4, 0.5) is 0 Å². The van der Waals surface area contributed by atoms with Crippen molar-refractivity contribution < 1.29 is 4.79 Å².